The lowest BCUT2D eigenvalue weighted by molar-refractivity contribution is -0.191. The summed E-state index contributed by atoms with van der Waals surface area (Å²) in [5, 5.41) is 3.38. The number of carbonyl (C=O) groups is 1. The van der Waals surface area contributed by atoms with Crippen LogP contribution in [0.15, 0.2) is 41.0 Å². The summed E-state index contributed by atoms with van der Waals surface area (Å²) in [6, 6.07) is 7.21. The van der Waals surface area contributed by atoms with Crippen LogP contribution in [0.1, 0.15) is 35.7 Å². The summed E-state index contributed by atoms with van der Waals surface area (Å²) >= 11 is 5.31. The van der Waals surface area contributed by atoms with Crippen molar-refractivity contribution in [2.24, 2.45) is 5.92 Å². The third-order valence-corrected chi connectivity index (χ3v) is 7.98. The molecule has 1 aliphatic heterocycles. The summed E-state index contributed by atoms with van der Waals surface area (Å²) < 4.78 is 42.9. The van der Waals surface area contributed by atoms with Gasteiger partial charge < -0.3 is 10.2 Å². The lowest BCUT2D eigenvalue weighted by atomic mass is 9.99. The molecule has 2 heterocycles. The quantitative estimate of drug-likeness (QED) is 0.547. The second kappa shape index (κ2) is 9.63. The third kappa shape index (κ3) is 5.09. The maximum absolute atomic E-state index is 13.9. The maximum Gasteiger partial charge on any atom is 0.414 e. The fourth-order valence-corrected chi connectivity index (χ4v) is 6.22. The van der Waals surface area contributed by atoms with Gasteiger partial charge >= 0.3 is 6.18 Å². The average molecular weight is 528 g/mol. The molecular weight excluding hydrogens is 503 g/mol. The molecule has 0 radical (unpaired) electrons. The number of thioether (sulfide) groups is 1. The van der Waals surface area contributed by atoms with Crippen molar-refractivity contribution in [2.75, 3.05) is 23.9 Å². The minimum atomic E-state index is -4.60. The second-order valence-electron chi connectivity index (χ2n) is 8.38. The molecule has 32 heavy (non-hydrogen) atoms. The van der Waals surface area contributed by atoms with Gasteiger partial charge in [0.15, 0.2) is 6.04 Å². The van der Waals surface area contributed by atoms with Gasteiger partial charge in [-0.05, 0) is 66.5 Å². The molecular formula is C23H25BrF3N3OS. The molecule has 0 bridgehead atoms. The van der Waals surface area contributed by atoms with E-state index in [1.54, 1.807) is 17.8 Å². The molecule has 1 fully saturated rings. The number of hydrogen-bond acceptors (Lipinski definition) is 4. The van der Waals surface area contributed by atoms with Gasteiger partial charge in [-0.25, -0.2) is 0 Å². The van der Waals surface area contributed by atoms with E-state index in [0.717, 1.165) is 33.7 Å². The summed E-state index contributed by atoms with van der Waals surface area (Å²) in [6.45, 7) is 0. The minimum Gasteiger partial charge on any atom is -0.380 e. The number of hydrogen-bond donors (Lipinski definition) is 1. The number of fused-ring (bicyclic) bond motifs is 1. The van der Waals surface area contributed by atoms with Gasteiger partial charge in [0.1, 0.15) is 0 Å². The van der Waals surface area contributed by atoms with Crippen LogP contribution in [0.3, 0.4) is 0 Å². The molecule has 4 rings (SSSR count). The third-order valence-electron chi connectivity index (χ3n) is 6.19. The zero-order chi connectivity index (χ0) is 22.9. The zero-order valence-electron chi connectivity index (χ0n) is 17.7. The Morgan fingerprint density at radius 1 is 1.22 bits per heavy atom. The Labute approximate surface area is 198 Å². The highest BCUT2D eigenvalue weighted by atomic mass is 79.9. The van der Waals surface area contributed by atoms with Gasteiger partial charge in [0.05, 0.1) is 17.6 Å². The Hall–Kier alpha value is -1.74. The van der Waals surface area contributed by atoms with E-state index in [0.29, 0.717) is 18.5 Å². The van der Waals surface area contributed by atoms with Crippen LogP contribution in [-0.2, 0) is 17.6 Å². The summed E-state index contributed by atoms with van der Waals surface area (Å²) in [7, 11) is 1.24. The SMILES string of the molecule is CN(C(=O)C1CCSCC1)C(c1ccc(NC2Cc3cccc(Br)c3C2)cn1)C(F)(F)F. The topological polar surface area (TPSA) is 45.2 Å². The van der Waals surface area contributed by atoms with E-state index in [2.05, 4.69) is 32.3 Å². The van der Waals surface area contributed by atoms with E-state index in [1.807, 2.05) is 12.1 Å². The number of benzene rings is 1. The highest BCUT2D eigenvalue weighted by Gasteiger charge is 2.47. The Balaban J connectivity index is 1.47. The number of aromatic nitrogens is 1. The highest BCUT2D eigenvalue weighted by Crippen LogP contribution is 2.38. The first-order chi connectivity index (χ1) is 15.2. The number of nitrogens with zero attached hydrogens (tertiary/aromatic N) is 2. The van der Waals surface area contributed by atoms with Crippen molar-refractivity contribution < 1.29 is 18.0 Å². The predicted octanol–water partition coefficient (Wildman–Crippen LogP) is 5.63. The van der Waals surface area contributed by atoms with Gasteiger partial charge in [-0.2, -0.15) is 24.9 Å². The van der Waals surface area contributed by atoms with Crippen molar-refractivity contribution in [3.8, 4) is 0 Å². The summed E-state index contributed by atoms with van der Waals surface area (Å²) in [5.41, 5.74) is 3.02. The number of anilines is 1. The van der Waals surface area contributed by atoms with Crippen molar-refractivity contribution in [3.63, 3.8) is 0 Å². The first-order valence-corrected chi connectivity index (χ1v) is 12.6. The summed E-state index contributed by atoms with van der Waals surface area (Å²) in [5.74, 6) is 0.809. The monoisotopic (exact) mass is 527 g/mol. The van der Waals surface area contributed by atoms with Crippen LogP contribution < -0.4 is 5.32 Å². The van der Waals surface area contributed by atoms with Gasteiger partial charge in [-0.3, -0.25) is 9.78 Å². The Kier molecular flexibility index (Phi) is 7.05. The van der Waals surface area contributed by atoms with Crippen molar-refractivity contribution >= 4 is 39.3 Å². The highest BCUT2D eigenvalue weighted by molar-refractivity contribution is 9.10. The van der Waals surface area contributed by atoms with E-state index in [4.69, 9.17) is 0 Å². The fourth-order valence-electron chi connectivity index (χ4n) is 4.54. The Bertz CT molecular complexity index is 964. The molecule has 9 heteroatoms. The molecule has 2 unspecified atom stereocenters. The van der Waals surface area contributed by atoms with Gasteiger partial charge in [-0.1, -0.05) is 28.1 Å². The smallest absolute Gasteiger partial charge is 0.380 e. The normalized spacial score (nSPS) is 20.0. The van der Waals surface area contributed by atoms with E-state index in [-0.39, 0.29) is 17.7 Å². The van der Waals surface area contributed by atoms with Crippen molar-refractivity contribution in [1.82, 2.24) is 9.88 Å². The molecule has 1 N–H and O–H groups in total. The van der Waals surface area contributed by atoms with Gasteiger partial charge in [0, 0.05) is 23.5 Å². The van der Waals surface area contributed by atoms with Gasteiger partial charge in [0.25, 0.3) is 0 Å². The molecule has 1 amide bonds. The van der Waals surface area contributed by atoms with Crippen LogP contribution in [0.4, 0.5) is 18.9 Å². The van der Waals surface area contributed by atoms with E-state index >= 15 is 0 Å². The van der Waals surface area contributed by atoms with Crippen LogP contribution in [-0.4, -0.2) is 46.6 Å². The summed E-state index contributed by atoms with van der Waals surface area (Å²) in [6.07, 6.45) is -0.251. The molecule has 2 atom stereocenters. The molecule has 0 saturated carbocycles. The van der Waals surface area contributed by atoms with Crippen molar-refractivity contribution in [3.05, 3.63) is 57.8 Å². The predicted molar refractivity (Wildman–Crippen MR) is 125 cm³/mol. The van der Waals surface area contributed by atoms with Crippen molar-refractivity contribution in [1.29, 1.82) is 0 Å². The van der Waals surface area contributed by atoms with E-state index in [1.165, 1.54) is 30.4 Å². The van der Waals surface area contributed by atoms with Gasteiger partial charge in [-0.15, -0.1) is 0 Å². The molecule has 1 aromatic heterocycles. The standard InChI is InChI=1S/C23H25BrF3N3OS/c1-30(22(31)14-7-9-32-10-8-14)21(23(25,26)27)20-6-5-16(13-28-20)29-17-11-15-3-2-4-19(24)18(15)12-17/h2-6,13-14,17,21,29H,7-12H2,1H3. The number of amides is 1. The molecule has 2 aliphatic rings. The van der Waals surface area contributed by atoms with Gasteiger partial charge in [0.2, 0.25) is 5.91 Å². The molecule has 2 aromatic rings. The largest absolute Gasteiger partial charge is 0.414 e. The Morgan fingerprint density at radius 2 is 1.97 bits per heavy atom. The first kappa shape index (κ1) is 23.4. The molecule has 0 spiro atoms. The average Bonchev–Trinajstić information content (AvgIpc) is 3.18. The zero-order valence-corrected chi connectivity index (χ0v) is 20.1. The number of rotatable bonds is 5. The molecule has 1 aromatic carbocycles. The Morgan fingerprint density at radius 3 is 2.59 bits per heavy atom. The van der Waals surface area contributed by atoms with Crippen LogP contribution in [0.2, 0.25) is 0 Å². The van der Waals surface area contributed by atoms with Crippen molar-refractivity contribution in [2.45, 2.75) is 43.9 Å². The molecule has 1 saturated heterocycles. The first-order valence-electron chi connectivity index (χ1n) is 10.6. The van der Waals surface area contributed by atoms with E-state index < -0.39 is 18.1 Å². The summed E-state index contributed by atoms with van der Waals surface area (Å²) in [4.78, 5) is 17.7. The fraction of sp³-hybridized carbons (Fsp3) is 0.478. The van der Waals surface area contributed by atoms with Crippen LogP contribution in [0.25, 0.3) is 0 Å². The number of carbonyl (C=O) groups excluding carboxylic acids is 1. The number of nitrogens with one attached hydrogen (secondary N) is 1. The number of pyridine rings is 1. The number of halogens is 4. The van der Waals surface area contributed by atoms with Crippen LogP contribution in [0.5, 0.6) is 0 Å². The van der Waals surface area contributed by atoms with Crippen LogP contribution in [0, 0.1) is 5.92 Å². The lowest BCUT2D eigenvalue weighted by Crippen LogP contribution is -2.43. The lowest BCUT2D eigenvalue weighted by Gasteiger charge is -2.33. The van der Waals surface area contributed by atoms with Crippen LogP contribution >= 0.6 is 27.7 Å². The number of alkyl halides is 3. The van der Waals surface area contributed by atoms with E-state index in [9.17, 15) is 18.0 Å². The molecule has 1 aliphatic carbocycles. The maximum atomic E-state index is 13.9. The molecule has 172 valence electrons. The minimum absolute atomic E-state index is 0.156. The molecule has 4 nitrogen and oxygen atoms in total. The second-order valence-corrected chi connectivity index (χ2v) is 10.5.